The van der Waals surface area contributed by atoms with Crippen LogP contribution in [0.1, 0.15) is 11.1 Å². The zero-order valence-electron chi connectivity index (χ0n) is 27.4. The molecule has 8 aromatic rings. The van der Waals surface area contributed by atoms with Crippen LogP contribution in [-0.4, -0.2) is 16.2 Å². The fourth-order valence-corrected chi connectivity index (χ4v) is 7.34. The summed E-state index contributed by atoms with van der Waals surface area (Å²) < 4.78 is 8.88. The Morgan fingerprint density at radius 3 is 2.00 bits per heavy atom. The molecule has 0 saturated carbocycles. The lowest BCUT2D eigenvalue weighted by atomic mass is 9.96. The summed E-state index contributed by atoms with van der Waals surface area (Å²) in [6.45, 7) is 5.06. The van der Waals surface area contributed by atoms with Crippen molar-refractivity contribution in [3.63, 3.8) is 0 Å². The Balaban J connectivity index is 1.09. The van der Waals surface area contributed by atoms with Crippen LogP contribution in [-0.2, 0) is 0 Å². The van der Waals surface area contributed by atoms with Crippen LogP contribution in [0, 0.1) is 13.8 Å². The van der Waals surface area contributed by atoms with Gasteiger partial charge in [-0.3, -0.25) is 4.57 Å². The lowest BCUT2D eigenvalue weighted by Gasteiger charge is -2.22. The van der Waals surface area contributed by atoms with Crippen molar-refractivity contribution in [2.45, 2.75) is 13.8 Å². The van der Waals surface area contributed by atoms with Crippen molar-refractivity contribution in [1.82, 2.24) is 9.55 Å². The van der Waals surface area contributed by atoms with E-state index in [1.165, 1.54) is 39.1 Å². The quantitative estimate of drug-likeness (QED) is 0.182. The second-order valence-corrected chi connectivity index (χ2v) is 12.6. The van der Waals surface area contributed by atoms with Crippen LogP contribution >= 0.6 is 0 Å². The molecule has 49 heavy (non-hydrogen) atoms. The number of ether oxygens (including phenoxy) is 1. The van der Waals surface area contributed by atoms with E-state index in [0.717, 1.165) is 45.0 Å². The first-order valence-corrected chi connectivity index (χ1v) is 16.7. The van der Waals surface area contributed by atoms with E-state index in [1.807, 2.05) is 12.3 Å². The summed E-state index contributed by atoms with van der Waals surface area (Å²) in [4.78, 5) is 9.58. The highest BCUT2D eigenvalue weighted by molar-refractivity contribution is 6.09. The highest BCUT2D eigenvalue weighted by Crippen LogP contribution is 2.45. The molecule has 0 fully saturated rings. The third-order valence-corrected chi connectivity index (χ3v) is 9.57. The van der Waals surface area contributed by atoms with Crippen LogP contribution < -0.4 is 14.5 Å². The van der Waals surface area contributed by atoms with Gasteiger partial charge >= 0.3 is 0 Å². The van der Waals surface area contributed by atoms with Gasteiger partial charge in [0.15, 0.2) is 0 Å². The monoisotopic (exact) mass is 634 g/mol. The predicted molar refractivity (Wildman–Crippen MR) is 202 cm³/mol. The first-order chi connectivity index (χ1) is 24.1. The number of fused-ring (bicyclic) bond motifs is 4. The van der Waals surface area contributed by atoms with Gasteiger partial charge in [0.05, 0.1) is 22.4 Å². The normalized spacial score (nSPS) is 12.5. The van der Waals surface area contributed by atoms with Crippen molar-refractivity contribution >= 4 is 44.6 Å². The molecule has 9 rings (SSSR count). The lowest BCUT2D eigenvalue weighted by Crippen LogP contribution is -2.23. The number of anilines is 4. The summed E-state index contributed by atoms with van der Waals surface area (Å²) in [5.74, 6) is 2.43. The molecule has 0 radical (unpaired) electrons. The van der Waals surface area contributed by atoms with E-state index < -0.39 is 0 Å². The van der Waals surface area contributed by atoms with Gasteiger partial charge in [0.1, 0.15) is 24.0 Å². The molecule has 5 heteroatoms. The molecule has 0 aliphatic carbocycles. The maximum Gasteiger partial charge on any atom is 0.138 e. The molecule has 1 aliphatic heterocycles. The number of benzene rings is 6. The van der Waals surface area contributed by atoms with Crippen molar-refractivity contribution in [1.29, 1.82) is 0 Å². The number of rotatable bonds is 6. The Morgan fingerprint density at radius 1 is 0.531 bits per heavy atom. The maximum absolute atomic E-state index is 6.62. The number of pyridine rings is 1. The number of aromatic nitrogens is 2. The largest absolute Gasteiger partial charge is 0.457 e. The summed E-state index contributed by atoms with van der Waals surface area (Å²) in [5, 5.41) is 2.34. The molecule has 0 amide bonds. The number of hydrogen-bond acceptors (Lipinski definition) is 4. The molecule has 6 aromatic carbocycles. The van der Waals surface area contributed by atoms with E-state index in [4.69, 9.17) is 9.72 Å². The van der Waals surface area contributed by atoms with Gasteiger partial charge in [-0.25, -0.2) is 4.98 Å². The van der Waals surface area contributed by atoms with Crippen LogP contribution in [0.15, 0.2) is 158 Å². The molecule has 3 heterocycles. The summed E-state index contributed by atoms with van der Waals surface area (Å²) in [6, 6.07) is 53.1. The van der Waals surface area contributed by atoms with E-state index in [9.17, 15) is 0 Å². The molecule has 5 nitrogen and oxygen atoms in total. The molecule has 0 spiro atoms. The first kappa shape index (κ1) is 28.9. The molecule has 0 saturated heterocycles. The summed E-state index contributed by atoms with van der Waals surface area (Å²) in [6.07, 6.45) is 1.92. The third-order valence-electron chi connectivity index (χ3n) is 9.57. The third kappa shape index (κ3) is 4.99. The van der Waals surface area contributed by atoms with Gasteiger partial charge in [0.2, 0.25) is 0 Å². The van der Waals surface area contributed by atoms with Crippen molar-refractivity contribution in [3.05, 3.63) is 169 Å². The van der Waals surface area contributed by atoms with E-state index in [2.05, 4.69) is 174 Å². The van der Waals surface area contributed by atoms with Crippen LogP contribution in [0.4, 0.5) is 22.7 Å². The van der Waals surface area contributed by atoms with Gasteiger partial charge in [0, 0.05) is 40.5 Å². The van der Waals surface area contributed by atoms with E-state index in [1.54, 1.807) is 0 Å². The van der Waals surface area contributed by atoms with Crippen LogP contribution in [0.3, 0.4) is 0 Å². The number of hydrogen-bond donors (Lipinski definition) is 0. The maximum atomic E-state index is 6.62. The Hall–Kier alpha value is -6.33. The van der Waals surface area contributed by atoms with Gasteiger partial charge < -0.3 is 14.5 Å². The minimum absolute atomic E-state index is 0.715. The van der Waals surface area contributed by atoms with Gasteiger partial charge in [0.25, 0.3) is 0 Å². The zero-order chi connectivity index (χ0) is 32.9. The van der Waals surface area contributed by atoms with Gasteiger partial charge in [-0.05, 0) is 103 Å². The zero-order valence-corrected chi connectivity index (χ0v) is 27.4. The minimum atomic E-state index is 0.715. The SMILES string of the molecule is Cc1cccc(C)c1-c1ccnc(-n2c3ccccc3c3ccc(Oc4cccc(N5CN(c6ccccc6)c6ccccc65)c4)cc32)c1. The second kappa shape index (κ2) is 11.7. The Labute approximate surface area is 285 Å². The molecule has 2 aromatic heterocycles. The van der Waals surface area contributed by atoms with E-state index in [-0.39, 0.29) is 0 Å². The molecule has 0 bridgehead atoms. The van der Waals surface area contributed by atoms with Crippen molar-refractivity contribution in [3.8, 4) is 28.4 Å². The predicted octanol–water partition coefficient (Wildman–Crippen LogP) is 11.5. The van der Waals surface area contributed by atoms with Crippen LogP contribution in [0.25, 0.3) is 38.8 Å². The summed E-state index contributed by atoms with van der Waals surface area (Å²) in [5.41, 5.74) is 11.7. The van der Waals surface area contributed by atoms with E-state index in [0.29, 0.717) is 6.67 Å². The topological polar surface area (TPSA) is 33.5 Å². The molecule has 1 aliphatic rings. The second-order valence-electron chi connectivity index (χ2n) is 12.6. The Kier molecular flexibility index (Phi) is 6.91. The smallest absolute Gasteiger partial charge is 0.138 e. The molecular formula is C44H34N4O. The Morgan fingerprint density at radius 2 is 1.18 bits per heavy atom. The highest BCUT2D eigenvalue weighted by Gasteiger charge is 2.28. The van der Waals surface area contributed by atoms with Crippen LogP contribution in [0.2, 0.25) is 0 Å². The van der Waals surface area contributed by atoms with Gasteiger partial charge in [-0.1, -0.05) is 72.8 Å². The van der Waals surface area contributed by atoms with Gasteiger partial charge in [-0.2, -0.15) is 0 Å². The van der Waals surface area contributed by atoms with Crippen molar-refractivity contribution in [2.75, 3.05) is 16.5 Å². The van der Waals surface area contributed by atoms with E-state index >= 15 is 0 Å². The number of aryl methyl sites for hydroxylation is 2. The molecule has 236 valence electrons. The number of nitrogens with zero attached hydrogens (tertiary/aromatic N) is 4. The van der Waals surface area contributed by atoms with Crippen LogP contribution in [0.5, 0.6) is 11.5 Å². The average Bonchev–Trinajstić information content (AvgIpc) is 3.68. The fourth-order valence-electron chi connectivity index (χ4n) is 7.34. The molecular weight excluding hydrogens is 601 g/mol. The van der Waals surface area contributed by atoms with Crippen molar-refractivity contribution < 1.29 is 4.74 Å². The average molecular weight is 635 g/mol. The summed E-state index contributed by atoms with van der Waals surface area (Å²) in [7, 11) is 0. The molecule has 0 atom stereocenters. The molecule has 0 unspecified atom stereocenters. The van der Waals surface area contributed by atoms with Crippen molar-refractivity contribution in [2.24, 2.45) is 0 Å². The standard InChI is InChI=1S/C44H34N4O/c1-30-12-10-13-31(2)44(30)32-24-25-45-43(26-32)48-39-19-7-6-18-37(39)38-23-22-36(28-42(38)48)49-35-17-11-16-34(27-35)47-29-46(33-14-4-3-5-15-33)40-20-8-9-21-41(40)47/h3-28H,29H2,1-2H3. The first-order valence-electron chi connectivity index (χ1n) is 16.7. The lowest BCUT2D eigenvalue weighted by molar-refractivity contribution is 0.483. The minimum Gasteiger partial charge on any atom is -0.457 e. The summed E-state index contributed by atoms with van der Waals surface area (Å²) >= 11 is 0. The molecule has 0 N–H and O–H groups in total. The number of para-hydroxylation sites is 4. The highest BCUT2D eigenvalue weighted by atomic mass is 16.5. The fraction of sp³-hybridized carbons (Fsp3) is 0.0682. The Bertz CT molecular complexity index is 2480. The van der Waals surface area contributed by atoms with Gasteiger partial charge in [-0.15, -0.1) is 0 Å².